The summed E-state index contributed by atoms with van der Waals surface area (Å²) in [6, 6.07) is 4.48. The van der Waals surface area contributed by atoms with Crippen LogP contribution in [0, 0.1) is 111 Å². The molecule has 5 aromatic carbocycles. The maximum absolute atomic E-state index is 17.0. The monoisotopic (exact) mass is 1200 g/mol. The third-order valence-electron chi connectivity index (χ3n) is 15.7. The van der Waals surface area contributed by atoms with E-state index >= 15 is 87.8 Å². The summed E-state index contributed by atoms with van der Waals surface area (Å²) < 4.78 is 386. The molecule has 0 fully saturated rings. The van der Waals surface area contributed by atoms with Gasteiger partial charge in [-0.3, -0.25) is 0 Å². The Kier molecular flexibility index (Phi) is 16.6. The molecule has 0 radical (unpaired) electrons. The number of hydrogen-bond acceptors (Lipinski definition) is 0. The van der Waals surface area contributed by atoms with Crippen molar-refractivity contribution in [2.24, 2.45) is 5.92 Å². The molecule has 4 aliphatic rings. The lowest BCUT2D eigenvalue weighted by Gasteiger charge is -2.54. The topological polar surface area (TPSA) is 4.44 Å². The Hall–Kier alpha value is -6.27. The van der Waals surface area contributed by atoms with Crippen molar-refractivity contribution in [2.75, 3.05) is 13.1 Å². The van der Waals surface area contributed by atoms with Gasteiger partial charge in [-0.15, -0.1) is 0 Å². The van der Waals surface area contributed by atoms with Crippen molar-refractivity contribution in [1.29, 1.82) is 0 Å². The Labute approximate surface area is 441 Å². The first-order valence-corrected chi connectivity index (χ1v) is 26.8. The predicted octanol–water partition coefficient (Wildman–Crippen LogP) is 17.5. The summed E-state index contributed by atoms with van der Waals surface area (Å²) in [6.45, 7) is 8.10. The molecule has 0 bridgehead atoms. The van der Waals surface area contributed by atoms with Crippen molar-refractivity contribution in [2.45, 2.75) is 72.0 Å². The summed E-state index contributed by atoms with van der Waals surface area (Å²) in [5.41, 5.74) is -21.2. The molecule has 0 saturated carbocycles. The minimum absolute atomic E-state index is 0.470. The average Bonchev–Trinajstić information content (AvgIpc) is 1.61. The number of nitrogens with one attached hydrogen (secondary N) is 1. The van der Waals surface area contributed by atoms with Gasteiger partial charge in [-0.2, -0.15) is 4.39 Å². The van der Waals surface area contributed by atoms with Gasteiger partial charge in [0.15, 0.2) is 128 Å². The highest BCUT2D eigenvalue weighted by Gasteiger charge is 2.70. The fraction of sp³-hybridized carbons (Fsp3) is 0.283. The summed E-state index contributed by atoms with van der Waals surface area (Å²) in [4.78, 5) is 1.04. The van der Waals surface area contributed by atoms with Gasteiger partial charge < -0.3 is 4.90 Å². The first-order valence-electron chi connectivity index (χ1n) is 24.1. The number of quaternary nitrogens is 1. The van der Waals surface area contributed by atoms with Crippen molar-refractivity contribution >= 4 is 42.1 Å². The van der Waals surface area contributed by atoms with Gasteiger partial charge in [0.05, 0.1) is 35.3 Å². The third kappa shape index (κ3) is 8.71. The second kappa shape index (κ2) is 22.1. The highest BCUT2D eigenvalue weighted by atomic mass is 27.2. The number of fused-ring (bicyclic) bond motifs is 4. The van der Waals surface area contributed by atoms with Crippen molar-refractivity contribution < 1.29 is 119 Å². The average molecular weight is 1200 g/mol. The standard InChI is InChI=1S/C17H27F2N.4C9HF6.Al/c1-4-7-9-14(5-2)12-13-20(6-3)16-11-8-10-15(18)17(16)19;4*10-3-1-2-4(6(3)12)7(13)9(15)8(14)5(2)11;/h8,10-11,14H,4-7,9,12-13H2,1-3H3;4*1H;/q;;;;;-1/p+1. The van der Waals surface area contributed by atoms with E-state index in [9.17, 15) is 26.3 Å². The van der Waals surface area contributed by atoms with Crippen LogP contribution in [0.3, 0.4) is 0 Å². The van der Waals surface area contributed by atoms with Crippen LogP contribution in [-0.2, 0) is 0 Å². The van der Waals surface area contributed by atoms with Gasteiger partial charge in [0.1, 0.15) is 23.3 Å². The molecule has 81 heavy (non-hydrogen) atoms. The zero-order chi connectivity index (χ0) is 60.2. The van der Waals surface area contributed by atoms with Gasteiger partial charge in [-0.25, -0.2) is 110 Å². The minimum atomic E-state index is -8.89. The summed E-state index contributed by atoms with van der Waals surface area (Å²) in [5, 5.41) is 0. The Balaban J connectivity index is 0.000000365. The molecule has 1 N–H and O–H groups in total. The van der Waals surface area contributed by atoms with Crippen molar-refractivity contribution in [1.82, 2.24) is 0 Å². The minimum Gasteiger partial charge on any atom is -0.300 e. The Bertz CT molecular complexity index is 3250. The molecular weight excluding hydrogens is 1170 g/mol. The maximum Gasteiger partial charge on any atom is 0.219 e. The number of benzene rings is 5. The smallest absolute Gasteiger partial charge is 0.219 e. The number of allylic oxidation sites excluding steroid dienone is 4. The quantitative estimate of drug-likeness (QED) is 0.0519. The lowest BCUT2D eigenvalue weighted by molar-refractivity contribution is -0.832. The van der Waals surface area contributed by atoms with Crippen LogP contribution in [0.25, 0.3) is 23.3 Å². The summed E-state index contributed by atoms with van der Waals surface area (Å²) >= 11 is -8.89. The molecule has 6 unspecified atom stereocenters. The highest BCUT2D eigenvalue weighted by molar-refractivity contribution is 6.88. The normalized spacial score (nSPS) is 19.8. The van der Waals surface area contributed by atoms with Crippen LogP contribution in [0.4, 0.5) is 120 Å². The van der Waals surface area contributed by atoms with Gasteiger partial charge >= 0.3 is 0 Å². The molecule has 4 aliphatic carbocycles. The van der Waals surface area contributed by atoms with E-state index in [4.69, 9.17) is 0 Å². The summed E-state index contributed by atoms with van der Waals surface area (Å²) in [7, 11) is 0. The molecular formula is C53H32AlF26N. The third-order valence-corrected chi connectivity index (χ3v) is 22.9. The zero-order valence-electron chi connectivity index (χ0n) is 41.0. The molecule has 1 nitrogen and oxygen atoms in total. The van der Waals surface area contributed by atoms with Crippen LogP contribution in [-0.4, -0.2) is 26.2 Å². The van der Waals surface area contributed by atoms with Crippen molar-refractivity contribution in [3.8, 4) is 0 Å². The molecule has 6 atom stereocenters. The molecule has 0 amide bonds. The zero-order valence-corrected chi connectivity index (χ0v) is 42.1. The highest BCUT2D eigenvalue weighted by Crippen LogP contribution is 2.72. The summed E-state index contributed by atoms with van der Waals surface area (Å²) in [6.07, 6.45) is 5.97. The van der Waals surface area contributed by atoms with Crippen LogP contribution < -0.4 is 4.90 Å². The van der Waals surface area contributed by atoms with Crippen LogP contribution in [0.15, 0.2) is 41.5 Å². The molecule has 9 rings (SSSR count). The van der Waals surface area contributed by atoms with Gasteiger partial charge in [0.2, 0.25) is 18.9 Å². The van der Waals surface area contributed by atoms with E-state index in [1.54, 1.807) is 12.1 Å². The molecule has 0 spiro atoms. The van der Waals surface area contributed by atoms with E-state index in [1.165, 1.54) is 31.7 Å². The van der Waals surface area contributed by atoms with E-state index in [1.807, 2.05) is 6.92 Å². The molecule has 0 saturated heterocycles. The Morgan fingerprint density at radius 2 is 0.667 bits per heavy atom. The first kappa shape index (κ1) is 60.8. The fourth-order valence-corrected chi connectivity index (χ4v) is 20.7. The van der Waals surface area contributed by atoms with E-state index in [-0.39, 0.29) is 0 Å². The van der Waals surface area contributed by atoms with E-state index in [0.717, 1.165) is 24.4 Å². The number of halogens is 26. The van der Waals surface area contributed by atoms with Crippen LogP contribution in [0.2, 0.25) is 0 Å². The largest absolute Gasteiger partial charge is 0.300 e. The lowest BCUT2D eigenvalue weighted by atomic mass is 9.95. The van der Waals surface area contributed by atoms with Crippen molar-refractivity contribution in [3.63, 3.8) is 0 Å². The molecule has 0 aromatic heterocycles. The lowest BCUT2D eigenvalue weighted by Crippen LogP contribution is -3.07. The van der Waals surface area contributed by atoms with Crippen LogP contribution in [0.1, 0.15) is 117 Å². The molecule has 5 aromatic rings. The number of rotatable bonds is 13. The fourth-order valence-electron chi connectivity index (χ4n) is 12.2. The van der Waals surface area contributed by atoms with Crippen LogP contribution in [0.5, 0.6) is 0 Å². The van der Waals surface area contributed by atoms with E-state index in [0.29, 0.717) is 11.6 Å². The predicted molar refractivity (Wildman–Crippen MR) is 239 cm³/mol. The Morgan fingerprint density at radius 1 is 0.370 bits per heavy atom. The van der Waals surface area contributed by atoms with Crippen LogP contribution >= 0.6 is 0 Å². The van der Waals surface area contributed by atoms with E-state index < -0.39 is 228 Å². The van der Waals surface area contributed by atoms with Gasteiger partial charge in [-0.1, -0.05) is 64.7 Å². The molecule has 0 heterocycles. The summed E-state index contributed by atoms with van der Waals surface area (Å²) in [5.74, 6) is -78.2. The maximum atomic E-state index is 17.0. The molecule has 28 heteroatoms. The van der Waals surface area contributed by atoms with E-state index in [2.05, 4.69) is 13.8 Å². The van der Waals surface area contributed by atoms with Crippen molar-refractivity contribution in [3.05, 3.63) is 191 Å². The SMILES string of the molecule is CCCCC(CC)CC[NH+](CC)c1cccc(F)c1F.FC1=C(F)[CH]([Al-]([CH]2C(F)=C(F)c3c(F)c(F)c(F)c(F)c32)([CH]2C(F)=C(F)c3c(F)c(F)c(F)c(F)c32)[CH]2C(F)=C(F)c3c(F)c(F)c(F)c(F)c32)c2c(F)c(F)c(F)c(F)c21. The number of unbranched alkanes of at least 4 members (excludes halogenated alkanes) is 1. The number of hydrogen-bond donors (Lipinski definition) is 1. The first-order chi connectivity index (χ1) is 38.0. The Morgan fingerprint density at radius 3 is 0.938 bits per heavy atom. The van der Waals surface area contributed by atoms with Gasteiger partial charge in [0.25, 0.3) is 0 Å². The second-order valence-corrected chi connectivity index (χ2v) is 24.4. The van der Waals surface area contributed by atoms with Gasteiger partial charge in [0, 0.05) is 6.07 Å². The second-order valence-electron chi connectivity index (χ2n) is 19.4. The van der Waals surface area contributed by atoms with Gasteiger partial charge in [-0.05, 0) is 47.6 Å². The molecule has 434 valence electrons. The molecule has 0 aliphatic heterocycles.